The van der Waals surface area contributed by atoms with Crippen LogP contribution in [0.15, 0.2) is 24.3 Å². The Morgan fingerprint density at radius 3 is 2.21 bits per heavy atom. The number of sulfonamides is 1. The van der Waals surface area contributed by atoms with Crippen LogP contribution in [0, 0.1) is 0 Å². The highest BCUT2D eigenvalue weighted by Gasteiger charge is 2.17. The second-order valence-electron chi connectivity index (χ2n) is 4.15. The summed E-state index contributed by atoms with van der Waals surface area (Å²) in [5.41, 5.74) is 0.397. The Kier molecular flexibility index (Phi) is 4.70. The van der Waals surface area contributed by atoms with Crippen LogP contribution < -0.4 is 4.72 Å². The summed E-state index contributed by atoms with van der Waals surface area (Å²) in [6.45, 7) is 1.32. The lowest BCUT2D eigenvalue weighted by Crippen LogP contribution is -2.23. The maximum Gasteiger partial charge on any atom is 0.233 e. The minimum atomic E-state index is -3.81. The number of hydrogen-bond donors (Lipinski definition) is 1. The highest BCUT2D eigenvalue weighted by atomic mass is 32.2. The zero-order valence-electron chi connectivity index (χ0n) is 10.6. The largest absolute Gasteiger partial charge is 0.294 e. The van der Waals surface area contributed by atoms with Crippen molar-refractivity contribution in [1.29, 1.82) is 0 Å². The van der Waals surface area contributed by atoms with E-state index in [9.17, 15) is 21.6 Å². The van der Waals surface area contributed by atoms with Crippen LogP contribution in [-0.4, -0.2) is 40.4 Å². The van der Waals surface area contributed by atoms with Crippen molar-refractivity contribution in [3.05, 3.63) is 29.8 Å². The summed E-state index contributed by atoms with van der Waals surface area (Å²) in [6, 6.07) is 6.15. The third kappa shape index (κ3) is 5.39. The number of benzene rings is 1. The minimum Gasteiger partial charge on any atom is -0.294 e. The predicted octanol–water partition coefficient (Wildman–Crippen LogP) is 0.675. The van der Waals surface area contributed by atoms with Crippen LogP contribution in [0.5, 0.6) is 0 Å². The number of rotatable bonds is 6. The van der Waals surface area contributed by atoms with Crippen LogP contribution in [0.3, 0.4) is 0 Å². The van der Waals surface area contributed by atoms with Gasteiger partial charge in [0.05, 0.1) is 17.2 Å². The third-order valence-electron chi connectivity index (χ3n) is 2.29. The molecule has 0 atom stereocenters. The molecule has 1 N–H and O–H groups in total. The Hall–Kier alpha value is -1.41. The monoisotopic (exact) mass is 305 g/mol. The minimum absolute atomic E-state index is 0.156. The summed E-state index contributed by atoms with van der Waals surface area (Å²) in [7, 11) is -7.17. The van der Waals surface area contributed by atoms with Gasteiger partial charge < -0.3 is 0 Å². The van der Waals surface area contributed by atoms with Gasteiger partial charge in [-0.3, -0.25) is 9.52 Å². The summed E-state index contributed by atoms with van der Waals surface area (Å²) < 4.78 is 47.6. The summed E-state index contributed by atoms with van der Waals surface area (Å²) in [6.07, 6.45) is 0.964. The van der Waals surface area contributed by atoms with Crippen LogP contribution in [-0.2, 0) is 19.9 Å². The Morgan fingerprint density at radius 2 is 1.68 bits per heavy atom. The lowest BCUT2D eigenvalue weighted by molar-refractivity contribution is 0.101. The zero-order chi connectivity index (χ0) is 14.7. The Balaban J connectivity index is 2.93. The molecule has 0 bridgehead atoms. The van der Waals surface area contributed by atoms with Gasteiger partial charge in [-0.05, 0) is 19.1 Å². The van der Waals surface area contributed by atoms with Crippen molar-refractivity contribution in [3.8, 4) is 0 Å². The highest BCUT2D eigenvalue weighted by Crippen LogP contribution is 2.17. The standard InChI is InChI=1S/C11H15NO5S2/c1-9(13)10-5-3-4-6-11(10)12-19(16,17)8-7-18(2,14)15/h3-6,12H,7-8H2,1-2H3. The molecule has 8 heteroatoms. The van der Waals surface area contributed by atoms with Crippen molar-refractivity contribution in [2.45, 2.75) is 6.92 Å². The van der Waals surface area contributed by atoms with Gasteiger partial charge in [0, 0.05) is 11.8 Å². The van der Waals surface area contributed by atoms with Gasteiger partial charge in [-0.1, -0.05) is 12.1 Å². The fourth-order valence-electron chi connectivity index (χ4n) is 1.36. The van der Waals surface area contributed by atoms with Crippen LogP contribution in [0.2, 0.25) is 0 Å². The molecule has 0 aliphatic rings. The number of anilines is 1. The maximum atomic E-state index is 11.7. The van der Waals surface area contributed by atoms with Gasteiger partial charge >= 0.3 is 0 Å². The fourth-order valence-corrected chi connectivity index (χ4v) is 4.06. The summed E-state index contributed by atoms with van der Waals surface area (Å²) in [4.78, 5) is 11.3. The molecule has 0 radical (unpaired) electrons. The molecule has 1 aromatic rings. The Bertz CT molecular complexity index is 677. The van der Waals surface area contributed by atoms with E-state index in [0.29, 0.717) is 0 Å². The molecule has 6 nitrogen and oxygen atoms in total. The average Bonchev–Trinajstić information content (AvgIpc) is 2.26. The van der Waals surface area contributed by atoms with E-state index in [4.69, 9.17) is 0 Å². The second kappa shape index (κ2) is 5.70. The molecule has 0 saturated heterocycles. The topological polar surface area (TPSA) is 97.4 Å². The van der Waals surface area contributed by atoms with Crippen molar-refractivity contribution in [1.82, 2.24) is 0 Å². The van der Waals surface area contributed by atoms with Crippen LogP contribution >= 0.6 is 0 Å². The number of Topliss-reactive ketones (excluding diaryl/α,β-unsaturated/α-hetero) is 1. The summed E-state index contributed by atoms with van der Waals surface area (Å²) in [5.74, 6) is -1.29. The van der Waals surface area contributed by atoms with Gasteiger partial charge in [0.1, 0.15) is 9.84 Å². The molecule has 1 rings (SSSR count). The number of carbonyl (C=O) groups is 1. The number of para-hydroxylation sites is 1. The van der Waals surface area contributed by atoms with Crippen LogP contribution in [0.25, 0.3) is 0 Å². The van der Waals surface area contributed by atoms with Gasteiger partial charge in [0.15, 0.2) is 5.78 Å². The Labute approximate surface area is 112 Å². The van der Waals surface area contributed by atoms with Crippen molar-refractivity contribution in [2.75, 3.05) is 22.5 Å². The first-order valence-corrected chi connectivity index (χ1v) is 9.10. The molecule has 0 heterocycles. The molecule has 0 aliphatic heterocycles. The molecule has 0 saturated carbocycles. The lowest BCUT2D eigenvalue weighted by atomic mass is 10.1. The van der Waals surface area contributed by atoms with E-state index in [2.05, 4.69) is 4.72 Å². The van der Waals surface area contributed by atoms with Gasteiger partial charge in [-0.15, -0.1) is 0 Å². The smallest absolute Gasteiger partial charge is 0.233 e. The van der Waals surface area contributed by atoms with Gasteiger partial charge in [0.25, 0.3) is 0 Å². The second-order valence-corrected chi connectivity index (χ2v) is 8.25. The van der Waals surface area contributed by atoms with E-state index in [-0.39, 0.29) is 17.0 Å². The van der Waals surface area contributed by atoms with Crippen molar-refractivity contribution in [2.24, 2.45) is 0 Å². The number of hydrogen-bond acceptors (Lipinski definition) is 5. The number of sulfone groups is 1. The van der Waals surface area contributed by atoms with E-state index < -0.39 is 31.4 Å². The van der Waals surface area contributed by atoms with Crippen LogP contribution in [0.1, 0.15) is 17.3 Å². The normalized spacial score (nSPS) is 12.1. The quantitative estimate of drug-likeness (QED) is 0.779. The SMILES string of the molecule is CC(=O)c1ccccc1NS(=O)(=O)CCS(C)(=O)=O. The summed E-state index contributed by atoms with van der Waals surface area (Å²) in [5, 5.41) is 0. The molecule has 19 heavy (non-hydrogen) atoms. The fraction of sp³-hybridized carbons (Fsp3) is 0.364. The number of carbonyl (C=O) groups excluding carboxylic acids is 1. The third-order valence-corrected chi connectivity index (χ3v) is 4.77. The molecular formula is C11H15NO5S2. The first-order chi connectivity index (χ1) is 8.61. The van der Waals surface area contributed by atoms with E-state index in [1.165, 1.54) is 19.1 Å². The van der Waals surface area contributed by atoms with E-state index in [1.807, 2.05) is 0 Å². The number of nitrogens with one attached hydrogen (secondary N) is 1. The van der Waals surface area contributed by atoms with Gasteiger partial charge in [-0.2, -0.15) is 0 Å². The Morgan fingerprint density at radius 1 is 1.11 bits per heavy atom. The molecule has 0 spiro atoms. The van der Waals surface area contributed by atoms with Gasteiger partial charge in [0.2, 0.25) is 10.0 Å². The summed E-state index contributed by atoms with van der Waals surface area (Å²) >= 11 is 0. The molecule has 0 aliphatic carbocycles. The van der Waals surface area contributed by atoms with Crippen molar-refractivity contribution < 1.29 is 21.6 Å². The molecule has 0 aromatic heterocycles. The molecule has 0 amide bonds. The molecule has 106 valence electrons. The van der Waals surface area contributed by atoms with Crippen LogP contribution in [0.4, 0.5) is 5.69 Å². The van der Waals surface area contributed by atoms with E-state index >= 15 is 0 Å². The first kappa shape index (κ1) is 15.6. The van der Waals surface area contributed by atoms with Gasteiger partial charge in [-0.25, -0.2) is 16.8 Å². The zero-order valence-corrected chi connectivity index (χ0v) is 12.2. The first-order valence-electron chi connectivity index (χ1n) is 5.39. The number of ketones is 1. The maximum absolute atomic E-state index is 11.7. The molecule has 0 fully saturated rings. The molecular weight excluding hydrogens is 290 g/mol. The highest BCUT2D eigenvalue weighted by molar-refractivity contribution is 7.95. The van der Waals surface area contributed by atoms with Crippen molar-refractivity contribution >= 4 is 31.3 Å². The van der Waals surface area contributed by atoms with Crippen molar-refractivity contribution in [3.63, 3.8) is 0 Å². The molecule has 1 aromatic carbocycles. The van der Waals surface area contributed by atoms with E-state index in [0.717, 1.165) is 6.26 Å². The molecule has 0 unspecified atom stereocenters. The average molecular weight is 305 g/mol. The van der Waals surface area contributed by atoms with E-state index in [1.54, 1.807) is 12.1 Å². The lowest BCUT2D eigenvalue weighted by Gasteiger charge is -2.10. The predicted molar refractivity (Wildman–Crippen MR) is 73.6 cm³/mol.